The second kappa shape index (κ2) is 9.19. The van der Waals surface area contributed by atoms with Gasteiger partial charge in [-0.15, -0.1) is 0 Å². The Bertz CT molecular complexity index is 1100. The van der Waals surface area contributed by atoms with Crippen LogP contribution in [0.25, 0.3) is 11.8 Å². The number of hydrogen-bond acceptors (Lipinski definition) is 6. The van der Waals surface area contributed by atoms with E-state index < -0.39 is 30.2 Å². The number of aryl methyl sites for hydroxylation is 1. The molecule has 3 aromatic rings. The third kappa shape index (κ3) is 5.00. The van der Waals surface area contributed by atoms with E-state index in [-0.39, 0.29) is 10.9 Å². The number of nitrogens with one attached hydrogen (secondary N) is 1. The van der Waals surface area contributed by atoms with Crippen LogP contribution in [0.5, 0.6) is 0 Å². The van der Waals surface area contributed by atoms with E-state index in [1.165, 1.54) is 53.4 Å². The summed E-state index contributed by atoms with van der Waals surface area (Å²) in [5, 5.41) is 6.50. The van der Waals surface area contributed by atoms with Gasteiger partial charge in [0, 0.05) is 11.6 Å². The summed E-state index contributed by atoms with van der Waals surface area (Å²) >= 11 is 6.31. The van der Waals surface area contributed by atoms with Crippen LogP contribution < -0.4 is 5.32 Å². The average Bonchev–Trinajstić information content (AvgIpc) is 3.34. The number of aromatic nitrogens is 2. The number of carbonyl (C=O) groups excluding carboxylic acids is 3. The Morgan fingerprint density at radius 3 is 2.67 bits per heavy atom. The first-order valence-electron chi connectivity index (χ1n) is 8.58. The number of rotatable bonds is 6. The van der Waals surface area contributed by atoms with E-state index in [4.69, 9.17) is 20.8 Å². The van der Waals surface area contributed by atoms with Crippen LogP contribution in [-0.2, 0) is 14.3 Å². The van der Waals surface area contributed by atoms with Crippen LogP contribution in [-0.4, -0.2) is 34.2 Å². The normalized spacial score (nSPS) is 10.9. The lowest BCUT2D eigenvalue weighted by atomic mass is 10.2. The Morgan fingerprint density at radius 2 is 2.00 bits per heavy atom. The van der Waals surface area contributed by atoms with Crippen LogP contribution in [0.2, 0.25) is 5.15 Å². The van der Waals surface area contributed by atoms with Gasteiger partial charge in [-0.1, -0.05) is 11.6 Å². The van der Waals surface area contributed by atoms with Gasteiger partial charge in [0.25, 0.3) is 11.8 Å². The largest absolute Gasteiger partial charge is 0.459 e. The fourth-order valence-electron chi connectivity index (χ4n) is 2.42. The highest BCUT2D eigenvalue weighted by Crippen LogP contribution is 2.24. The Hall–Kier alpha value is -3.72. The number of amides is 2. The van der Waals surface area contributed by atoms with Crippen molar-refractivity contribution in [1.82, 2.24) is 15.1 Å². The average molecular weight is 432 g/mol. The molecule has 0 aliphatic heterocycles. The SMILES string of the molecule is Cc1nn(-c2ccc(F)cc2)c(Cl)c1/C=C/C(=O)OCC(=O)NC(=O)c1ccco1. The zero-order valence-electron chi connectivity index (χ0n) is 15.6. The predicted octanol–water partition coefficient (Wildman–Crippen LogP) is 3.08. The summed E-state index contributed by atoms with van der Waals surface area (Å²) in [6.07, 6.45) is 3.75. The molecule has 0 fully saturated rings. The third-order valence-electron chi connectivity index (χ3n) is 3.85. The van der Waals surface area contributed by atoms with Crippen LogP contribution >= 0.6 is 11.6 Å². The molecular formula is C20H15ClFN3O5. The fourth-order valence-corrected chi connectivity index (χ4v) is 2.76. The molecule has 10 heteroatoms. The number of benzene rings is 1. The number of hydrogen-bond donors (Lipinski definition) is 1. The number of imide groups is 1. The molecule has 1 aromatic carbocycles. The Balaban J connectivity index is 1.59. The molecule has 154 valence electrons. The van der Waals surface area contributed by atoms with E-state index in [0.29, 0.717) is 16.9 Å². The molecule has 30 heavy (non-hydrogen) atoms. The van der Waals surface area contributed by atoms with Gasteiger partial charge < -0.3 is 9.15 Å². The van der Waals surface area contributed by atoms with E-state index in [1.807, 2.05) is 5.32 Å². The van der Waals surface area contributed by atoms with Gasteiger partial charge in [0.2, 0.25) is 0 Å². The summed E-state index contributed by atoms with van der Waals surface area (Å²) in [6.45, 7) is 1.03. The molecule has 0 aliphatic rings. The standard InChI is InChI=1S/C20H15ClFN3O5/c1-12-15(19(21)25(24-12)14-6-4-13(22)5-7-14)8-9-18(27)30-11-17(26)23-20(28)16-3-2-10-29-16/h2-10H,11H2,1H3,(H,23,26,28)/b9-8+. The molecule has 2 aromatic heterocycles. The first-order valence-corrected chi connectivity index (χ1v) is 8.96. The summed E-state index contributed by atoms with van der Waals surface area (Å²) in [4.78, 5) is 35.2. The van der Waals surface area contributed by atoms with Crippen molar-refractivity contribution in [3.05, 3.63) is 76.7 Å². The number of furan rings is 1. The van der Waals surface area contributed by atoms with Crippen LogP contribution in [0.4, 0.5) is 4.39 Å². The molecule has 0 saturated carbocycles. The zero-order valence-corrected chi connectivity index (χ0v) is 16.4. The summed E-state index contributed by atoms with van der Waals surface area (Å²) in [7, 11) is 0. The van der Waals surface area contributed by atoms with Gasteiger partial charge in [0.15, 0.2) is 12.4 Å². The third-order valence-corrected chi connectivity index (χ3v) is 4.21. The minimum absolute atomic E-state index is 0.0437. The molecule has 0 bridgehead atoms. The molecule has 1 N–H and O–H groups in total. The van der Waals surface area contributed by atoms with Crippen molar-refractivity contribution in [3.63, 3.8) is 0 Å². The van der Waals surface area contributed by atoms with Crippen molar-refractivity contribution in [2.24, 2.45) is 0 Å². The summed E-state index contributed by atoms with van der Waals surface area (Å²) < 4.78 is 24.1. The highest BCUT2D eigenvalue weighted by Gasteiger charge is 2.15. The Morgan fingerprint density at radius 1 is 1.27 bits per heavy atom. The van der Waals surface area contributed by atoms with E-state index in [9.17, 15) is 18.8 Å². The van der Waals surface area contributed by atoms with Gasteiger partial charge in [-0.2, -0.15) is 5.10 Å². The van der Waals surface area contributed by atoms with Crippen LogP contribution in [0.15, 0.2) is 53.2 Å². The van der Waals surface area contributed by atoms with Gasteiger partial charge in [-0.25, -0.2) is 13.9 Å². The molecule has 8 nitrogen and oxygen atoms in total. The molecule has 0 saturated heterocycles. The second-order valence-corrected chi connectivity index (χ2v) is 6.33. The molecule has 2 heterocycles. The van der Waals surface area contributed by atoms with Crippen molar-refractivity contribution in [1.29, 1.82) is 0 Å². The number of nitrogens with zero attached hydrogens (tertiary/aromatic N) is 2. The van der Waals surface area contributed by atoms with E-state index in [0.717, 1.165) is 6.08 Å². The highest BCUT2D eigenvalue weighted by atomic mass is 35.5. The van der Waals surface area contributed by atoms with Gasteiger partial charge in [-0.3, -0.25) is 14.9 Å². The van der Waals surface area contributed by atoms with Crippen molar-refractivity contribution in [2.75, 3.05) is 6.61 Å². The summed E-state index contributed by atoms with van der Waals surface area (Å²) in [5.41, 5.74) is 1.52. The quantitative estimate of drug-likeness (QED) is 0.475. The van der Waals surface area contributed by atoms with Crippen molar-refractivity contribution >= 4 is 35.5 Å². The molecular weight excluding hydrogens is 417 g/mol. The number of halogens is 2. The molecule has 0 unspecified atom stereocenters. The minimum Gasteiger partial charge on any atom is -0.459 e. The number of carbonyl (C=O) groups is 3. The first-order chi connectivity index (χ1) is 14.3. The molecule has 0 radical (unpaired) electrons. The minimum atomic E-state index is -0.819. The molecule has 0 aliphatic carbocycles. The summed E-state index contributed by atoms with van der Waals surface area (Å²) in [5.74, 6) is -2.81. The smallest absolute Gasteiger partial charge is 0.331 e. The lowest BCUT2D eigenvalue weighted by molar-refractivity contribution is -0.143. The van der Waals surface area contributed by atoms with Crippen molar-refractivity contribution in [3.8, 4) is 5.69 Å². The summed E-state index contributed by atoms with van der Waals surface area (Å²) in [6, 6.07) is 8.45. The first kappa shape index (κ1) is 21.0. The molecule has 3 rings (SSSR count). The fraction of sp³-hybridized carbons (Fsp3) is 0.100. The lowest BCUT2D eigenvalue weighted by Crippen LogP contribution is -2.33. The topological polar surface area (TPSA) is 103 Å². The van der Waals surface area contributed by atoms with E-state index in [1.54, 1.807) is 6.92 Å². The predicted molar refractivity (Wildman–Crippen MR) is 104 cm³/mol. The Kier molecular flexibility index (Phi) is 6.43. The maximum Gasteiger partial charge on any atom is 0.331 e. The highest BCUT2D eigenvalue weighted by molar-refractivity contribution is 6.31. The van der Waals surface area contributed by atoms with Crippen molar-refractivity contribution in [2.45, 2.75) is 6.92 Å². The molecule has 2 amide bonds. The van der Waals surface area contributed by atoms with Gasteiger partial charge in [-0.05, 0) is 49.4 Å². The van der Waals surface area contributed by atoms with Crippen LogP contribution in [0, 0.1) is 12.7 Å². The molecule has 0 atom stereocenters. The van der Waals surface area contributed by atoms with Crippen LogP contribution in [0.1, 0.15) is 21.8 Å². The van der Waals surface area contributed by atoms with Gasteiger partial charge >= 0.3 is 5.97 Å². The number of esters is 1. The maximum atomic E-state index is 13.1. The Labute approximate surface area is 174 Å². The monoisotopic (exact) mass is 431 g/mol. The molecule has 0 spiro atoms. The second-order valence-electron chi connectivity index (χ2n) is 5.97. The van der Waals surface area contributed by atoms with Crippen LogP contribution in [0.3, 0.4) is 0 Å². The lowest BCUT2D eigenvalue weighted by Gasteiger charge is -2.03. The van der Waals surface area contributed by atoms with E-state index in [2.05, 4.69) is 5.10 Å². The van der Waals surface area contributed by atoms with E-state index >= 15 is 0 Å². The van der Waals surface area contributed by atoms with Crippen molar-refractivity contribution < 1.29 is 27.9 Å². The van der Waals surface area contributed by atoms with Gasteiger partial charge in [0.05, 0.1) is 17.6 Å². The zero-order chi connectivity index (χ0) is 21.7. The maximum absolute atomic E-state index is 13.1. The number of ether oxygens (including phenoxy) is 1. The van der Waals surface area contributed by atoms with Gasteiger partial charge in [0.1, 0.15) is 11.0 Å².